The van der Waals surface area contributed by atoms with E-state index in [0.717, 1.165) is 19.4 Å². The number of thioether (sulfide) groups is 1. The molecule has 21 heavy (non-hydrogen) atoms. The van der Waals surface area contributed by atoms with Gasteiger partial charge >= 0.3 is 0 Å². The van der Waals surface area contributed by atoms with Gasteiger partial charge in [-0.05, 0) is 43.1 Å². The van der Waals surface area contributed by atoms with Gasteiger partial charge in [-0.2, -0.15) is 0 Å². The van der Waals surface area contributed by atoms with Crippen molar-refractivity contribution in [2.75, 3.05) is 6.54 Å². The predicted molar refractivity (Wildman–Crippen MR) is 89.8 cm³/mol. The van der Waals surface area contributed by atoms with Crippen LogP contribution >= 0.6 is 11.8 Å². The Labute approximate surface area is 131 Å². The molecule has 2 atom stereocenters. The van der Waals surface area contributed by atoms with Crippen LogP contribution in [0.5, 0.6) is 0 Å². The molecular weight excluding hydrogens is 276 g/mol. The lowest BCUT2D eigenvalue weighted by Crippen LogP contribution is -2.40. The van der Waals surface area contributed by atoms with Crippen molar-refractivity contribution in [1.82, 2.24) is 10.3 Å². The molecule has 2 unspecified atom stereocenters. The fraction of sp³-hybridized carbons (Fsp3) is 0.389. The number of rotatable bonds is 6. The minimum Gasteiger partial charge on any atom is -0.312 e. The van der Waals surface area contributed by atoms with Crippen LogP contribution in [0.2, 0.25) is 0 Å². The largest absolute Gasteiger partial charge is 0.312 e. The zero-order valence-corrected chi connectivity index (χ0v) is 13.3. The van der Waals surface area contributed by atoms with Crippen molar-refractivity contribution < 1.29 is 0 Å². The summed E-state index contributed by atoms with van der Waals surface area (Å²) in [5, 5.41) is 4.34. The lowest BCUT2D eigenvalue weighted by atomic mass is 10.0. The Morgan fingerprint density at radius 1 is 1.24 bits per heavy atom. The van der Waals surface area contributed by atoms with Crippen LogP contribution in [0.1, 0.15) is 24.6 Å². The second kappa shape index (κ2) is 7.10. The molecule has 2 nitrogen and oxygen atoms in total. The first kappa shape index (κ1) is 14.6. The summed E-state index contributed by atoms with van der Waals surface area (Å²) in [6.07, 6.45) is 5.23. The first-order valence-corrected chi connectivity index (χ1v) is 8.62. The SMILES string of the molecule is CCCNC(Cc1ccccn1)C1Cc2ccccc2S1. The maximum atomic E-state index is 4.50. The van der Waals surface area contributed by atoms with Gasteiger partial charge in [-0.1, -0.05) is 31.2 Å². The van der Waals surface area contributed by atoms with E-state index in [1.807, 2.05) is 24.0 Å². The maximum Gasteiger partial charge on any atom is 0.0419 e. The van der Waals surface area contributed by atoms with Crippen molar-refractivity contribution >= 4 is 11.8 Å². The Bertz CT molecular complexity index is 545. The molecule has 0 saturated carbocycles. The Hall–Kier alpha value is -1.32. The highest BCUT2D eigenvalue weighted by Crippen LogP contribution is 2.38. The number of fused-ring (bicyclic) bond motifs is 1. The Morgan fingerprint density at radius 3 is 2.86 bits per heavy atom. The minimum absolute atomic E-state index is 0.484. The fourth-order valence-corrected chi connectivity index (χ4v) is 4.25. The van der Waals surface area contributed by atoms with Crippen LogP contribution in [0.25, 0.3) is 0 Å². The number of nitrogens with one attached hydrogen (secondary N) is 1. The van der Waals surface area contributed by atoms with E-state index in [1.54, 1.807) is 0 Å². The summed E-state index contributed by atoms with van der Waals surface area (Å²) in [6.45, 7) is 3.30. The number of hydrogen-bond acceptors (Lipinski definition) is 3. The Morgan fingerprint density at radius 2 is 2.10 bits per heavy atom. The Kier molecular flexibility index (Phi) is 4.94. The number of hydrogen-bond donors (Lipinski definition) is 1. The number of pyridine rings is 1. The molecule has 2 aromatic rings. The minimum atomic E-state index is 0.484. The summed E-state index contributed by atoms with van der Waals surface area (Å²) >= 11 is 2.02. The molecule has 0 saturated heterocycles. The molecule has 3 rings (SSSR count). The highest BCUT2D eigenvalue weighted by Gasteiger charge is 2.29. The smallest absolute Gasteiger partial charge is 0.0419 e. The van der Waals surface area contributed by atoms with Gasteiger partial charge in [0, 0.05) is 34.5 Å². The second-order valence-corrected chi connectivity index (χ2v) is 6.83. The van der Waals surface area contributed by atoms with Crippen molar-refractivity contribution in [2.45, 2.75) is 42.4 Å². The quantitative estimate of drug-likeness (QED) is 0.880. The number of nitrogens with zero attached hydrogens (tertiary/aromatic N) is 1. The lowest BCUT2D eigenvalue weighted by molar-refractivity contribution is 0.487. The fourth-order valence-electron chi connectivity index (χ4n) is 2.84. The van der Waals surface area contributed by atoms with Crippen LogP contribution < -0.4 is 5.32 Å². The van der Waals surface area contributed by atoms with Gasteiger partial charge in [0.1, 0.15) is 0 Å². The van der Waals surface area contributed by atoms with Crippen LogP contribution in [0.3, 0.4) is 0 Å². The van der Waals surface area contributed by atoms with Gasteiger partial charge in [-0.25, -0.2) is 0 Å². The summed E-state index contributed by atoms with van der Waals surface area (Å²) in [7, 11) is 0. The van der Waals surface area contributed by atoms with Gasteiger partial charge in [0.2, 0.25) is 0 Å². The van der Waals surface area contributed by atoms with Gasteiger partial charge in [0.15, 0.2) is 0 Å². The molecule has 0 aliphatic carbocycles. The molecule has 0 fully saturated rings. The average molecular weight is 298 g/mol. The van der Waals surface area contributed by atoms with Crippen molar-refractivity contribution in [2.24, 2.45) is 0 Å². The van der Waals surface area contributed by atoms with Crippen LogP contribution in [0.4, 0.5) is 0 Å². The normalized spacial score (nSPS) is 18.4. The maximum absolute atomic E-state index is 4.50. The van der Waals surface area contributed by atoms with Crippen molar-refractivity contribution in [3.8, 4) is 0 Å². The molecule has 1 N–H and O–H groups in total. The summed E-state index contributed by atoms with van der Waals surface area (Å²) < 4.78 is 0. The standard InChI is InChI=1S/C18H22N2S/c1-2-10-20-16(13-15-8-5-6-11-19-15)18-12-14-7-3-4-9-17(14)21-18/h3-9,11,16,18,20H,2,10,12-13H2,1H3. The van der Waals surface area contributed by atoms with Gasteiger partial charge < -0.3 is 5.32 Å². The van der Waals surface area contributed by atoms with Crippen molar-refractivity contribution in [1.29, 1.82) is 0 Å². The second-order valence-electron chi connectivity index (χ2n) is 5.55. The van der Waals surface area contributed by atoms with Crippen LogP contribution in [0, 0.1) is 0 Å². The first-order chi connectivity index (χ1) is 10.4. The van der Waals surface area contributed by atoms with Gasteiger partial charge in [-0.15, -0.1) is 11.8 Å². The molecule has 0 bridgehead atoms. The van der Waals surface area contributed by atoms with Crippen LogP contribution in [-0.2, 0) is 12.8 Å². The summed E-state index contributed by atoms with van der Waals surface area (Å²) in [5.74, 6) is 0. The lowest BCUT2D eigenvalue weighted by Gasteiger charge is -2.24. The van der Waals surface area contributed by atoms with E-state index in [9.17, 15) is 0 Å². The molecule has 3 heteroatoms. The van der Waals surface area contributed by atoms with E-state index in [2.05, 4.69) is 53.6 Å². The predicted octanol–water partition coefficient (Wildman–Crippen LogP) is 3.71. The highest BCUT2D eigenvalue weighted by molar-refractivity contribution is 8.00. The molecule has 1 aromatic heterocycles. The van der Waals surface area contributed by atoms with Crippen molar-refractivity contribution in [3.05, 3.63) is 59.9 Å². The zero-order chi connectivity index (χ0) is 14.5. The van der Waals surface area contributed by atoms with E-state index < -0.39 is 0 Å². The monoisotopic (exact) mass is 298 g/mol. The molecular formula is C18H22N2S. The molecule has 0 amide bonds. The van der Waals surface area contributed by atoms with E-state index in [0.29, 0.717) is 11.3 Å². The topological polar surface area (TPSA) is 24.9 Å². The highest BCUT2D eigenvalue weighted by atomic mass is 32.2. The van der Waals surface area contributed by atoms with Gasteiger partial charge in [0.05, 0.1) is 0 Å². The zero-order valence-electron chi connectivity index (χ0n) is 12.5. The summed E-state index contributed by atoms with van der Waals surface area (Å²) in [4.78, 5) is 5.95. The van der Waals surface area contributed by atoms with E-state index in [4.69, 9.17) is 0 Å². The van der Waals surface area contributed by atoms with Crippen molar-refractivity contribution in [3.63, 3.8) is 0 Å². The third-order valence-electron chi connectivity index (χ3n) is 3.93. The molecule has 0 radical (unpaired) electrons. The Balaban J connectivity index is 1.71. The molecule has 1 aromatic carbocycles. The first-order valence-electron chi connectivity index (χ1n) is 7.74. The number of benzene rings is 1. The molecule has 2 heterocycles. The number of aromatic nitrogens is 1. The molecule has 110 valence electrons. The summed E-state index contributed by atoms with van der Waals surface area (Å²) in [6, 6.07) is 15.5. The molecule has 1 aliphatic heterocycles. The third-order valence-corrected chi connectivity index (χ3v) is 5.38. The average Bonchev–Trinajstić information content (AvgIpc) is 2.96. The van der Waals surface area contributed by atoms with E-state index >= 15 is 0 Å². The van der Waals surface area contributed by atoms with Crippen LogP contribution in [0.15, 0.2) is 53.6 Å². The summed E-state index contributed by atoms with van der Waals surface area (Å²) in [5.41, 5.74) is 2.68. The van der Waals surface area contributed by atoms with E-state index in [1.165, 1.54) is 22.6 Å². The third kappa shape index (κ3) is 3.66. The molecule has 1 aliphatic rings. The molecule has 0 spiro atoms. The van der Waals surface area contributed by atoms with Crippen LogP contribution in [-0.4, -0.2) is 22.8 Å². The van der Waals surface area contributed by atoms with Gasteiger partial charge in [0.25, 0.3) is 0 Å². The van der Waals surface area contributed by atoms with E-state index in [-0.39, 0.29) is 0 Å². The van der Waals surface area contributed by atoms with Gasteiger partial charge in [-0.3, -0.25) is 4.98 Å².